The Morgan fingerprint density at radius 3 is 2.61 bits per heavy atom. The van der Waals surface area contributed by atoms with Gasteiger partial charge in [-0.05, 0) is 39.8 Å². The Kier molecular flexibility index (Phi) is 6.60. The number of hydrogen-bond donors (Lipinski definition) is 2. The highest BCUT2D eigenvalue weighted by molar-refractivity contribution is 5.77. The molecule has 0 atom stereocenters. The number of nitrogens with one attached hydrogen (secondary N) is 2. The number of carbonyl (C=O) groups is 1. The summed E-state index contributed by atoms with van der Waals surface area (Å²) in [6.07, 6.45) is 4.61. The van der Waals surface area contributed by atoms with Crippen molar-refractivity contribution in [2.75, 3.05) is 47.4 Å². The molecule has 0 unspecified atom stereocenters. The molecule has 0 heterocycles. The third-order valence-electron chi connectivity index (χ3n) is 3.82. The fourth-order valence-electron chi connectivity index (χ4n) is 2.28. The molecule has 1 rings (SSSR count). The molecule has 5 nitrogen and oxygen atoms in total. The molecule has 1 amide bonds. The first-order valence-corrected chi connectivity index (χ1v) is 6.74. The lowest BCUT2D eigenvalue weighted by Gasteiger charge is -2.47. The van der Waals surface area contributed by atoms with E-state index in [0.29, 0.717) is 19.7 Å². The van der Waals surface area contributed by atoms with E-state index in [4.69, 9.17) is 4.74 Å². The zero-order valence-corrected chi connectivity index (χ0v) is 11.9. The van der Waals surface area contributed by atoms with Crippen LogP contribution in [-0.4, -0.2) is 63.8 Å². The third-order valence-corrected chi connectivity index (χ3v) is 3.82. The Bertz CT molecular complexity index is 253. The number of methoxy groups -OCH3 is 1. The maximum Gasteiger partial charge on any atom is 0.233 e. The molecule has 0 aliphatic heterocycles. The summed E-state index contributed by atoms with van der Waals surface area (Å²) >= 11 is 0. The number of likely N-dealkylation sites (N-methyl/N-ethyl adjacent to an activating group) is 1. The molecule has 0 spiro atoms. The minimum absolute atomic E-state index is 0.0688. The minimum Gasteiger partial charge on any atom is -0.385 e. The Balaban J connectivity index is 2.08. The second kappa shape index (κ2) is 7.71. The predicted octanol–water partition coefficient (Wildman–Crippen LogP) is 0.213. The largest absolute Gasteiger partial charge is 0.385 e. The minimum atomic E-state index is 0.0688. The molecule has 0 aromatic heterocycles. The summed E-state index contributed by atoms with van der Waals surface area (Å²) in [6, 6.07) is 0. The first-order valence-electron chi connectivity index (χ1n) is 6.74. The van der Waals surface area contributed by atoms with E-state index in [9.17, 15) is 4.79 Å². The number of ether oxygens (including phenoxy) is 1. The standard InChI is InChI=1S/C13H27N3O2/c1-16(2)13(6-4-7-13)11-14-10-12(17)15-8-5-9-18-3/h14H,4-11H2,1-3H3,(H,15,17). The molecule has 5 heteroatoms. The first kappa shape index (κ1) is 15.4. The second-order valence-electron chi connectivity index (χ2n) is 5.27. The van der Waals surface area contributed by atoms with Crippen LogP contribution >= 0.6 is 0 Å². The lowest BCUT2D eigenvalue weighted by Crippen LogP contribution is -2.57. The van der Waals surface area contributed by atoms with Crippen molar-refractivity contribution in [1.82, 2.24) is 15.5 Å². The maximum atomic E-state index is 11.5. The average Bonchev–Trinajstić information content (AvgIpc) is 2.27. The Morgan fingerprint density at radius 2 is 2.11 bits per heavy atom. The van der Waals surface area contributed by atoms with Crippen molar-refractivity contribution in [3.05, 3.63) is 0 Å². The van der Waals surface area contributed by atoms with Crippen LogP contribution in [0.4, 0.5) is 0 Å². The van der Waals surface area contributed by atoms with Crippen LogP contribution in [-0.2, 0) is 9.53 Å². The summed E-state index contributed by atoms with van der Waals surface area (Å²) in [6.45, 7) is 2.68. The van der Waals surface area contributed by atoms with Crippen LogP contribution in [0.3, 0.4) is 0 Å². The average molecular weight is 257 g/mol. The van der Waals surface area contributed by atoms with Crippen LogP contribution in [0, 0.1) is 0 Å². The molecule has 0 aromatic rings. The summed E-state index contributed by atoms with van der Waals surface area (Å²) in [5.41, 5.74) is 0.274. The van der Waals surface area contributed by atoms with Crippen molar-refractivity contribution in [3.8, 4) is 0 Å². The highest BCUT2D eigenvalue weighted by Gasteiger charge is 2.38. The molecule has 0 radical (unpaired) electrons. The van der Waals surface area contributed by atoms with Gasteiger partial charge in [0.1, 0.15) is 0 Å². The van der Waals surface area contributed by atoms with E-state index < -0.39 is 0 Å². The van der Waals surface area contributed by atoms with Crippen molar-refractivity contribution in [1.29, 1.82) is 0 Å². The van der Waals surface area contributed by atoms with E-state index in [1.807, 2.05) is 0 Å². The van der Waals surface area contributed by atoms with Gasteiger partial charge in [0.2, 0.25) is 5.91 Å². The Morgan fingerprint density at radius 1 is 1.39 bits per heavy atom. The van der Waals surface area contributed by atoms with Crippen LogP contribution in [0.15, 0.2) is 0 Å². The summed E-state index contributed by atoms with van der Waals surface area (Å²) in [7, 11) is 5.90. The van der Waals surface area contributed by atoms with Crippen molar-refractivity contribution < 1.29 is 9.53 Å². The molecule has 1 fully saturated rings. The van der Waals surface area contributed by atoms with E-state index >= 15 is 0 Å². The zero-order valence-electron chi connectivity index (χ0n) is 11.9. The Labute approximate surface area is 110 Å². The van der Waals surface area contributed by atoms with Gasteiger partial charge in [-0.15, -0.1) is 0 Å². The van der Waals surface area contributed by atoms with Crippen LogP contribution in [0.2, 0.25) is 0 Å². The fraction of sp³-hybridized carbons (Fsp3) is 0.923. The van der Waals surface area contributed by atoms with Gasteiger partial charge in [-0.2, -0.15) is 0 Å². The zero-order chi connectivity index (χ0) is 13.4. The Hall–Kier alpha value is -0.650. The van der Waals surface area contributed by atoms with Crippen molar-refractivity contribution >= 4 is 5.91 Å². The number of nitrogens with zero attached hydrogens (tertiary/aromatic N) is 1. The molecular formula is C13H27N3O2. The summed E-state index contributed by atoms with van der Waals surface area (Å²) in [5, 5.41) is 6.14. The molecule has 0 saturated heterocycles. The second-order valence-corrected chi connectivity index (χ2v) is 5.27. The molecule has 1 aliphatic rings. The molecule has 0 bridgehead atoms. The molecule has 2 N–H and O–H groups in total. The van der Waals surface area contributed by atoms with Crippen LogP contribution in [0.1, 0.15) is 25.7 Å². The maximum absolute atomic E-state index is 11.5. The number of hydrogen-bond acceptors (Lipinski definition) is 4. The smallest absolute Gasteiger partial charge is 0.233 e. The van der Waals surface area contributed by atoms with Gasteiger partial charge in [-0.1, -0.05) is 0 Å². The van der Waals surface area contributed by atoms with Gasteiger partial charge in [0, 0.05) is 32.3 Å². The quantitative estimate of drug-likeness (QED) is 0.580. The first-order chi connectivity index (χ1) is 8.60. The molecular weight excluding hydrogens is 230 g/mol. The summed E-state index contributed by atoms with van der Waals surface area (Å²) < 4.78 is 4.93. The van der Waals surface area contributed by atoms with Crippen LogP contribution < -0.4 is 10.6 Å². The number of rotatable bonds is 9. The van der Waals surface area contributed by atoms with Gasteiger partial charge in [0.15, 0.2) is 0 Å². The highest BCUT2D eigenvalue weighted by atomic mass is 16.5. The van der Waals surface area contributed by atoms with E-state index in [1.54, 1.807) is 7.11 Å². The van der Waals surface area contributed by atoms with Gasteiger partial charge in [0.05, 0.1) is 6.54 Å². The van der Waals surface area contributed by atoms with E-state index in [1.165, 1.54) is 19.3 Å². The predicted molar refractivity (Wildman–Crippen MR) is 72.6 cm³/mol. The van der Waals surface area contributed by atoms with Crippen molar-refractivity contribution in [2.24, 2.45) is 0 Å². The fourth-order valence-corrected chi connectivity index (χ4v) is 2.28. The third kappa shape index (κ3) is 4.55. The molecule has 18 heavy (non-hydrogen) atoms. The molecule has 1 aliphatic carbocycles. The van der Waals surface area contributed by atoms with Crippen LogP contribution in [0.25, 0.3) is 0 Å². The van der Waals surface area contributed by atoms with E-state index in [2.05, 4.69) is 29.6 Å². The van der Waals surface area contributed by atoms with E-state index in [-0.39, 0.29) is 11.4 Å². The van der Waals surface area contributed by atoms with Gasteiger partial charge < -0.3 is 20.3 Å². The lowest BCUT2D eigenvalue weighted by molar-refractivity contribution is -0.120. The van der Waals surface area contributed by atoms with Gasteiger partial charge in [-0.25, -0.2) is 0 Å². The molecule has 0 aromatic carbocycles. The highest BCUT2D eigenvalue weighted by Crippen LogP contribution is 2.35. The van der Waals surface area contributed by atoms with Crippen LogP contribution in [0.5, 0.6) is 0 Å². The van der Waals surface area contributed by atoms with Gasteiger partial charge in [0.25, 0.3) is 0 Å². The van der Waals surface area contributed by atoms with Gasteiger partial charge in [-0.3, -0.25) is 4.79 Å². The normalized spacial score (nSPS) is 17.6. The van der Waals surface area contributed by atoms with E-state index in [0.717, 1.165) is 13.0 Å². The number of carbonyl (C=O) groups excluding carboxylic acids is 1. The number of amides is 1. The van der Waals surface area contributed by atoms with Crippen molar-refractivity contribution in [2.45, 2.75) is 31.2 Å². The SMILES string of the molecule is COCCCNC(=O)CNCC1(N(C)C)CCC1. The van der Waals surface area contributed by atoms with Gasteiger partial charge >= 0.3 is 0 Å². The summed E-state index contributed by atoms with van der Waals surface area (Å²) in [4.78, 5) is 13.8. The topological polar surface area (TPSA) is 53.6 Å². The monoisotopic (exact) mass is 257 g/mol. The lowest BCUT2D eigenvalue weighted by atomic mass is 9.75. The summed E-state index contributed by atoms with van der Waals surface area (Å²) in [5.74, 6) is 0.0688. The molecule has 1 saturated carbocycles. The van der Waals surface area contributed by atoms with Crippen molar-refractivity contribution in [3.63, 3.8) is 0 Å². The molecule has 106 valence electrons.